The Kier molecular flexibility index (Phi) is 6.96. The molecule has 0 amide bonds. The Hall–Kier alpha value is -2.00. The number of Topliss-reactive ketones (excluding diaryl/α,β-unsaturated/α-hetero) is 1. The van der Waals surface area contributed by atoms with Gasteiger partial charge in [-0.3, -0.25) is 4.79 Å². The number of hydrogen-bond acceptors (Lipinski definition) is 5. The summed E-state index contributed by atoms with van der Waals surface area (Å²) in [6.07, 6.45) is 0.791. The third-order valence-electron chi connectivity index (χ3n) is 2.96. The fourth-order valence-electron chi connectivity index (χ4n) is 1.72. The van der Waals surface area contributed by atoms with Crippen molar-refractivity contribution >= 4 is 11.9 Å². The second-order valence-electron chi connectivity index (χ2n) is 6.43. The van der Waals surface area contributed by atoms with Gasteiger partial charge in [0, 0.05) is 12.5 Å². The van der Waals surface area contributed by atoms with Gasteiger partial charge in [-0.25, -0.2) is 4.98 Å². The van der Waals surface area contributed by atoms with E-state index >= 15 is 0 Å². The van der Waals surface area contributed by atoms with Crippen molar-refractivity contribution in [3.05, 3.63) is 23.9 Å². The summed E-state index contributed by atoms with van der Waals surface area (Å²) in [4.78, 5) is 33.0. The van der Waals surface area contributed by atoms with Crippen LogP contribution in [-0.2, 0) is 19.8 Å². The summed E-state index contributed by atoms with van der Waals surface area (Å²) in [5, 5.41) is 0. The Morgan fingerprint density at radius 2 is 1.71 bits per heavy atom. The molecular weight excluding hydrogens is 270 g/mol. The van der Waals surface area contributed by atoms with Crippen LogP contribution in [0.4, 0.5) is 0 Å². The number of nitrogens with zero attached hydrogens (tertiary/aromatic N) is 1. The van der Waals surface area contributed by atoms with Crippen molar-refractivity contribution < 1.29 is 19.1 Å². The molecule has 0 N–H and O–H groups in total. The molecule has 1 rings (SSSR count). The molecule has 0 aliphatic carbocycles. The second-order valence-corrected chi connectivity index (χ2v) is 6.43. The Morgan fingerprint density at radius 1 is 1.19 bits per heavy atom. The van der Waals surface area contributed by atoms with Gasteiger partial charge in [0.25, 0.3) is 0 Å². The standard InChI is InChI=1S/C15H23NO2.CO2/c1-14(2,3)10-12(17)15(4,5)11-8-7-9-13(16-11)18-6;2-1-3/h7-9H,10H2,1-6H3;. The number of carbonyl (C=O) groups excluding carboxylic acids is 3. The maximum atomic E-state index is 12.4. The summed E-state index contributed by atoms with van der Waals surface area (Å²) in [7, 11) is 1.58. The van der Waals surface area contributed by atoms with Gasteiger partial charge >= 0.3 is 6.15 Å². The highest BCUT2D eigenvalue weighted by molar-refractivity contribution is 5.89. The Balaban J connectivity index is 0.00000122. The van der Waals surface area contributed by atoms with Gasteiger partial charge in [-0.1, -0.05) is 26.8 Å². The maximum absolute atomic E-state index is 12.4. The minimum Gasteiger partial charge on any atom is -0.481 e. The number of ketones is 1. The first-order valence-corrected chi connectivity index (χ1v) is 6.62. The fourth-order valence-corrected chi connectivity index (χ4v) is 1.72. The highest BCUT2D eigenvalue weighted by Crippen LogP contribution is 2.30. The van der Waals surface area contributed by atoms with E-state index in [9.17, 15) is 4.79 Å². The number of hydrogen-bond donors (Lipinski definition) is 0. The first-order chi connectivity index (χ1) is 9.58. The van der Waals surface area contributed by atoms with Crippen molar-refractivity contribution in [2.45, 2.75) is 46.5 Å². The lowest BCUT2D eigenvalue weighted by atomic mass is 9.77. The van der Waals surface area contributed by atoms with E-state index in [1.54, 1.807) is 13.2 Å². The van der Waals surface area contributed by atoms with Crippen LogP contribution in [0, 0.1) is 5.41 Å². The van der Waals surface area contributed by atoms with Gasteiger partial charge in [0.1, 0.15) is 5.78 Å². The molecule has 5 heteroatoms. The van der Waals surface area contributed by atoms with Crippen LogP contribution in [0.2, 0.25) is 0 Å². The number of rotatable bonds is 4. The van der Waals surface area contributed by atoms with Crippen LogP contribution in [0.5, 0.6) is 5.88 Å². The molecule has 0 unspecified atom stereocenters. The first kappa shape index (κ1) is 19.0. The fraction of sp³-hybridized carbons (Fsp3) is 0.562. The molecule has 0 saturated carbocycles. The summed E-state index contributed by atoms with van der Waals surface area (Å²) in [5.74, 6) is 0.750. The molecule has 0 aliphatic rings. The molecule has 0 radical (unpaired) electrons. The highest BCUT2D eigenvalue weighted by Gasteiger charge is 2.33. The van der Waals surface area contributed by atoms with Crippen LogP contribution >= 0.6 is 0 Å². The molecule has 1 aromatic heterocycles. The molecule has 1 heterocycles. The van der Waals surface area contributed by atoms with E-state index in [0.717, 1.165) is 5.69 Å². The Bertz CT molecular complexity index is 509. The topological polar surface area (TPSA) is 73.3 Å². The summed E-state index contributed by atoms with van der Waals surface area (Å²) in [6, 6.07) is 5.53. The molecular formula is C16H23NO4. The SMILES string of the molecule is COc1cccc(C(C)(C)C(=O)CC(C)(C)C)n1.O=C=O. The molecule has 116 valence electrons. The molecule has 0 bridgehead atoms. The summed E-state index contributed by atoms with van der Waals surface area (Å²) < 4.78 is 5.11. The number of methoxy groups -OCH3 is 1. The van der Waals surface area contributed by atoms with E-state index in [2.05, 4.69) is 25.8 Å². The van der Waals surface area contributed by atoms with Crippen molar-refractivity contribution in [2.75, 3.05) is 7.11 Å². The molecule has 0 aliphatic heterocycles. The van der Waals surface area contributed by atoms with Gasteiger partial charge in [0.15, 0.2) is 0 Å². The normalized spacial score (nSPS) is 11.0. The zero-order valence-electron chi connectivity index (χ0n) is 13.5. The van der Waals surface area contributed by atoms with E-state index in [1.807, 2.05) is 26.0 Å². The van der Waals surface area contributed by atoms with Crippen LogP contribution in [0.1, 0.15) is 46.7 Å². The number of ether oxygens (including phenoxy) is 1. The molecule has 0 fully saturated rings. The molecule has 0 saturated heterocycles. The van der Waals surface area contributed by atoms with Crippen molar-refractivity contribution in [2.24, 2.45) is 5.41 Å². The van der Waals surface area contributed by atoms with Crippen molar-refractivity contribution in [3.8, 4) is 5.88 Å². The molecule has 0 aromatic carbocycles. The van der Waals surface area contributed by atoms with Crippen molar-refractivity contribution in [1.82, 2.24) is 4.98 Å². The van der Waals surface area contributed by atoms with Gasteiger partial charge in [-0.15, -0.1) is 0 Å². The summed E-state index contributed by atoms with van der Waals surface area (Å²) in [6.45, 7) is 10.0. The van der Waals surface area contributed by atoms with E-state index in [0.29, 0.717) is 12.3 Å². The predicted molar refractivity (Wildman–Crippen MR) is 77.9 cm³/mol. The highest BCUT2D eigenvalue weighted by atomic mass is 16.5. The molecule has 21 heavy (non-hydrogen) atoms. The Labute approximate surface area is 125 Å². The predicted octanol–water partition coefficient (Wildman–Crippen LogP) is 2.79. The van der Waals surface area contributed by atoms with Gasteiger partial charge < -0.3 is 4.74 Å². The average Bonchev–Trinajstić information content (AvgIpc) is 2.37. The van der Waals surface area contributed by atoms with E-state index in [4.69, 9.17) is 14.3 Å². The molecule has 0 spiro atoms. The zero-order chi connectivity index (χ0) is 16.7. The van der Waals surface area contributed by atoms with Crippen LogP contribution in [-0.4, -0.2) is 24.0 Å². The van der Waals surface area contributed by atoms with E-state index < -0.39 is 5.41 Å². The quantitative estimate of drug-likeness (QED) is 0.853. The molecule has 0 atom stereocenters. The smallest absolute Gasteiger partial charge is 0.373 e. The van der Waals surface area contributed by atoms with Crippen LogP contribution in [0.15, 0.2) is 18.2 Å². The van der Waals surface area contributed by atoms with Gasteiger partial charge in [0.05, 0.1) is 18.2 Å². The third-order valence-corrected chi connectivity index (χ3v) is 2.96. The van der Waals surface area contributed by atoms with Crippen molar-refractivity contribution in [3.63, 3.8) is 0 Å². The summed E-state index contributed by atoms with van der Waals surface area (Å²) in [5.41, 5.74) is 0.172. The lowest BCUT2D eigenvalue weighted by Crippen LogP contribution is -2.33. The maximum Gasteiger partial charge on any atom is 0.373 e. The largest absolute Gasteiger partial charge is 0.481 e. The van der Waals surface area contributed by atoms with Gasteiger partial charge in [-0.05, 0) is 25.3 Å². The second kappa shape index (κ2) is 7.70. The third kappa shape index (κ3) is 6.32. The minimum atomic E-state index is -0.582. The Morgan fingerprint density at radius 3 is 2.14 bits per heavy atom. The van der Waals surface area contributed by atoms with Gasteiger partial charge in [0.2, 0.25) is 5.88 Å². The van der Waals surface area contributed by atoms with Crippen molar-refractivity contribution in [1.29, 1.82) is 0 Å². The monoisotopic (exact) mass is 293 g/mol. The average molecular weight is 293 g/mol. The van der Waals surface area contributed by atoms with Crippen LogP contribution in [0.3, 0.4) is 0 Å². The summed E-state index contributed by atoms with van der Waals surface area (Å²) >= 11 is 0. The van der Waals surface area contributed by atoms with Crippen LogP contribution < -0.4 is 4.74 Å². The number of pyridine rings is 1. The first-order valence-electron chi connectivity index (χ1n) is 6.62. The lowest BCUT2D eigenvalue weighted by molar-refractivity contribution is -0.191. The molecule has 1 aromatic rings. The van der Waals surface area contributed by atoms with Gasteiger partial charge in [-0.2, -0.15) is 9.59 Å². The number of carbonyl (C=O) groups is 1. The molecule has 5 nitrogen and oxygen atoms in total. The van der Waals surface area contributed by atoms with E-state index in [1.165, 1.54) is 0 Å². The lowest BCUT2D eigenvalue weighted by Gasteiger charge is -2.27. The zero-order valence-corrected chi connectivity index (χ0v) is 13.5. The van der Waals surface area contributed by atoms with Crippen LogP contribution in [0.25, 0.3) is 0 Å². The number of aromatic nitrogens is 1. The van der Waals surface area contributed by atoms with E-state index in [-0.39, 0.29) is 17.3 Å². The minimum absolute atomic E-state index is 0.00673.